The molecule has 1 aliphatic rings. The molecule has 0 aliphatic heterocycles. The first-order chi connectivity index (χ1) is 4.20. The van der Waals surface area contributed by atoms with E-state index >= 15 is 0 Å². The lowest BCUT2D eigenvalue weighted by atomic mass is 10.1. The quantitative estimate of drug-likeness (QED) is 0.488. The summed E-state index contributed by atoms with van der Waals surface area (Å²) in [5, 5.41) is 17.8. The molecule has 1 rings (SSSR count). The first-order valence-corrected chi connectivity index (χ1v) is 2.95. The second kappa shape index (κ2) is 2.13. The number of rotatable bonds is 0. The van der Waals surface area contributed by atoms with Gasteiger partial charge < -0.3 is 10.2 Å². The average Bonchev–Trinajstić information content (AvgIpc) is 1.80. The molecule has 1 aliphatic carbocycles. The highest BCUT2D eigenvalue weighted by molar-refractivity contribution is 5.19. The molecule has 0 saturated carbocycles. The van der Waals surface area contributed by atoms with Crippen LogP contribution in [0.1, 0.15) is 19.8 Å². The molecule has 2 N–H and O–H groups in total. The van der Waals surface area contributed by atoms with Gasteiger partial charge in [0.25, 0.3) is 0 Å². The van der Waals surface area contributed by atoms with Gasteiger partial charge in [-0.1, -0.05) is 11.6 Å². The molecule has 0 saturated heterocycles. The van der Waals surface area contributed by atoms with E-state index in [2.05, 4.69) is 0 Å². The smallest absolute Gasteiger partial charge is 0.134 e. The Labute approximate surface area is 54.1 Å². The summed E-state index contributed by atoms with van der Waals surface area (Å²) in [6.07, 6.45) is 2.90. The van der Waals surface area contributed by atoms with E-state index in [1.807, 2.05) is 13.0 Å². The Bertz CT molecular complexity index is 177. The molecule has 0 bridgehead atoms. The van der Waals surface area contributed by atoms with Crippen molar-refractivity contribution in [3.63, 3.8) is 0 Å². The number of hydrogen-bond donors (Lipinski definition) is 2. The molecule has 0 aromatic rings. The fourth-order valence-corrected chi connectivity index (χ4v) is 0.827. The highest BCUT2D eigenvalue weighted by Crippen LogP contribution is 2.19. The van der Waals surface area contributed by atoms with Crippen molar-refractivity contribution in [2.45, 2.75) is 19.8 Å². The van der Waals surface area contributed by atoms with Gasteiger partial charge >= 0.3 is 0 Å². The molecule has 0 unspecified atom stereocenters. The predicted octanol–water partition coefficient (Wildman–Crippen LogP) is 2.05. The van der Waals surface area contributed by atoms with Gasteiger partial charge in [0.15, 0.2) is 0 Å². The lowest BCUT2D eigenvalue weighted by Crippen LogP contribution is -1.96. The number of aliphatic hydroxyl groups excluding tert-OH is 2. The molecule has 2 heteroatoms. The van der Waals surface area contributed by atoms with E-state index in [1.54, 1.807) is 0 Å². The van der Waals surface area contributed by atoms with E-state index in [0.717, 1.165) is 5.57 Å². The van der Waals surface area contributed by atoms with Gasteiger partial charge in [-0.3, -0.25) is 0 Å². The molecule has 0 spiro atoms. The van der Waals surface area contributed by atoms with Crippen LogP contribution in [0.15, 0.2) is 23.2 Å². The second-order valence-corrected chi connectivity index (χ2v) is 2.32. The van der Waals surface area contributed by atoms with Crippen molar-refractivity contribution in [2.24, 2.45) is 0 Å². The number of allylic oxidation sites excluding steroid dienone is 2. The predicted molar refractivity (Wildman–Crippen MR) is 35.3 cm³/mol. The molecule has 0 heterocycles. The topological polar surface area (TPSA) is 40.5 Å². The van der Waals surface area contributed by atoms with Crippen LogP contribution in [-0.4, -0.2) is 10.2 Å². The fraction of sp³-hybridized carbons (Fsp3) is 0.429. The molecule has 0 radical (unpaired) electrons. The fourth-order valence-electron chi connectivity index (χ4n) is 0.827. The standard InChI is InChI=1S/C7H10O2/c1-5-2-3-6(8)7(9)4-5/h2,8-9H,3-4H2,1H3. The van der Waals surface area contributed by atoms with Gasteiger partial charge in [0.2, 0.25) is 0 Å². The summed E-state index contributed by atoms with van der Waals surface area (Å²) in [5.74, 6) is 0.232. The van der Waals surface area contributed by atoms with Crippen LogP contribution in [0.5, 0.6) is 0 Å². The van der Waals surface area contributed by atoms with Gasteiger partial charge in [0, 0.05) is 12.8 Å². The zero-order chi connectivity index (χ0) is 6.85. The molecular weight excluding hydrogens is 116 g/mol. The lowest BCUT2D eigenvalue weighted by molar-refractivity contribution is 0.306. The molecule has 0 aromatic carbocycles. The van der Waals surface area contributed by atoms with Crippen LogP contribution in [0.3, 0.4) is 0 Å². The van der Waals surface area contributed by atoms with Crippen molar-refractivity contribution >= 4 is 0 Å². The Kier molecular flexibility index (Phi) is 1.47. The van der Waals surface area contributed by atoms with E-state index in [4.69, 9.17) is 10.2 Å². The Morgan fingerprint density at radius 1 is 1.33 bits per heavy atom. The second-order valence-electron chi connectivity index (χ2n) is 2.32. The lowest BCUT2D eigenvalue weighted by Gasteiger charge is -2.08. The van der Waals surface area contributed by atoms with Crippen LogP contribution in [0.25, 0.3) is 0 Å². The van der Waals surface area contributed by atoms with Crippen LogP contribution >= 0.6 is 0 Å². The highest BCUT2D eigenvalue weighted by atomic mass is 16.3. The van der Waals surface area contributed by atoms with Gasteiger partial charge in [-0.05, 0) is 6.92 Å². The van der Waals surface area contributed by atoms with Crippen LogP contribution in [0, 0.1) is 0 Å². The first kappa shape index (κ1) is 6.20. The van der Waals surface area contributed by atoms with Gasteiger partial charge in [-0.15, -0.1) is 0 Å². The summed E-state index contributed by atoms with van der Waals surface area (Å²) in [5.41, 5.74) is 1.12. The highest BCUT2D eigenvalue weighted by Gasteiger charge is 2.08. The van der Waals surface area contributed by atoms with Gasteiger partial charge in [0.1, 0.15) is 11.5 Å². The molecule has 0 fully saturated rings. The van der Waals surface area contributed by atoms with Gasteiger partial charge in [0.05, 0.1) is 0 Å². The summed E-state index contributed by atoms with van der Waals surface area (Å²) >= 11 is 0. The zero-order valence-corrected chi connectivity index (χ0v) is 5.39. The van der Waals surface area contributed by atoms with E-state index in [-0.39, 0.29) is 11.5 Å². The normalized spacial score (nSPS) is 19.9. The maximum absolute atomic E-state index is 8.94. The summed E-state index contributed by atoms with van der Waals surface area (Å²) in [7, 11) is 0. The van der Waals surface area contributed by atoms with Crippen molar-refractivity contribution in [2.75, 3.05) is 0 Å². The molecule has 50 valence electrons. The van der Waals surface area contributed by atoms with E-state index in [0.29, 0.717) is 12.8 Å². The minimum Gasteiger partial charge on any atom is -0.508 e. The third-order valence-corrected chi connectivity index (χ3v) is 1.42. The first-order valence-electron chi connectivity index (χ1n) is 2.95. The maximum atomic E-state index is 8.94. The zero-order valence-electron chi connectivity index (χ0n) is 5.39. The van der Waals surface area contributed by atoms with Crippen molar-refractivity contribution in [1.82, 2.24) is 0 Å². The van der Waals surface area contributed by atoms with E-state index in [9.17, 15) is 0 Å². The summed E-state index contributed by atoms with van der Waals surface area (Å²) in [6, 6.07) is 0. The largest absolute Gasteiger partial charge is 0.508 e. The summed E-state index contributed by atoms with van der Waals surface area (Å²) in [4.78, 5) is 0. The minimum absolute atomic E-state index is 0.112. The van der Waals surface area contributed by atoms with Gasteiger partial charge in [-0.25, -0.2) is 0 Å². The molecule has 0 amide bonds. The summed E-state index contributed by atoms with van der Waals surface area (Å²) in [6.45, 7) is 1.93. The third kappa shape index (κ3) is 1.25. The van der Waals surface area contributed by atoms with E-state index < -0.39 is 0 Å². The molecule has 2 nitrogen and oxygen atoms in total. The van der Waals surface area contributed by atoms with Gasteiger partial charge in [-0.2, -0.15) is 0 Å². The number of hydrogen-bond acceptors (Lipinski definition) is 2. The Morgan fingerprint density at radius 3 is 2.44 bits per heavy atom. The third-order valence-electron chi connectivity index (χ3n) is 1.42. The van der Waals surface area contributed by atoms with Crippen LogP contribution in [-0.2, 0) is 0 Å². The molecular formula is C7H10O2. The molecule has 0 atom stereocenters. The minimum atomic E-state index is 0.112. The van der Waals surface area contributed by atoms with Crippen molar-refractivity contribution in [1.29, 1.82) is 0 Å². The van der Waals surface area contributed by atoms with Crippen molar-refractivity contribution in [3.8, 4) is 0 Å². The SMILES string of the molecule is CC1=CCC(O)=C(O)C1. The Hall–Kier alpha value is -0.920. The van der Waals surface area contributed by atoms with Crippen molar-refractivity contribution < 1.29 is 10.2 Å². The van der Waals surface area contributed by atoms with Crippen molar-refractivity contribution in [3.05, 3.63) is 23.2 Å². The maximum Gasteiger partial charge on any atom is 0.134 e. The molecule has 0 aromatic heterocycles. The Morgan fingerprint density at radius 2 is 2.00 bits per heavy atom. The monoisotopic (exact) mass is 126 g/mol. The number of aliphatic hydroxyl groups is 2. The van der Waals surface area contributed by atoms with Crippen LogP contribution in [0.4, 0.5) is 0 Å². The Balaban J connectivity index is 2.70. The average molecular weight is 126 g/mol. The van der Waals surface area contributed by atoms with Crippen LogP contribution < -0.4 is 0 Å². The summed E-state index contributed by atoms with van der Waals surface area (Å²) < 4.78 is 0. The molecule has 9 heavy (non-hydrogen) atoms. The van der Waals surface area contributed by atoms with E-state index in [1.165, 1.54) is 0 Å². The van der Waals surface area contributed by atoms with Crippen LogP contribution in [0.2, 0.25) is 0 Å².